The maximum absolute atomic E-state index is 11.7. The van der Waals surface area contributed by atoms with Gasteiger partial charge in [0.2, 0.25) is 5.91 Å². The lowest BCUT2D eigenvalue weighted by molar-refractivity contribution is -0.119. The first-order valence-electron chi connectivity index (χ1n) is 6.04. The molecule has 1 aromatic rings. The number of carbonyl (C=O) groups excluding carboxylic acids is 1. The van der Waals surface area contributed by atoms with Crippen LogP contribution < -0.4 is 10.6 Å². The van der Waals surface area contributed by atoms with Gasteiger partial charge in [0.25, 0.3) is 0 Å². The molecule has 0 spiro atoms. The Bertz CT molecular complexity index is 621. The van der Waals surface area contributed by atoms with Crippen LogP contribution in [0, 0.1) is 3.57 Å². The van der Waals surface area contributed by atoms with Gasteiger partial charge in [-0.05, 0) is 47.2 Å². The van der Waals surface area contributed by atoms with E-state index in [1.54, 1.807) is 12.1 Å². The van der Waals surface area contributed by atoms with E-state index in [-0.39, 0.29) is 30.0 Å². The molecular weight excluding hydrogens is 415 g/mol. The molecule has 0 bridgehead atoms. The third-order valence-corrected chi connectivity index (χ3v) is 5.72. The number of hydrogen-bond donors (Lipinski definition) is 2. The number of hydrogen-bond acceptors (Lipinski definition) is 4. The van der Waals surface area contributed by atoms with Crippen LogP contribution in [-0.4, -0.2) is 38.4 Å². The van der Waals surface area contributed by atoms with E-state index in [0.29, 0.717) is 17.1 Å². The molecule has 1 aliphatic rings. The molecule has 1 heterocycles. The Kier molecular flexibility index (Phi) is 5.14. The smallest absolute Gasteiger partial charge is 0.239 e. The number of halogens is 2. The molecule has 0 aromatic heterocycles. The summed E-state index contributed by atoms with van der Waals surface area (Å²) in [5.74, 6) is -0.0566. The minimum absolute atomic E-state index is 0.0308. The molecule has 5 nitrogen and oxygen atoms in total. The van der Waals surface area contributed by atoms with Gasteiger partial charge >= 0.3 is 0 Å². The van der Waals surface area contributed by atoms with Crippen molar-refractivity contribution in [3.8, 4) is 0 Å². The summed E-state index contributed by atoms with van der Waals surface area (Å²) in [7, 11) is -2.98. The molecule has 1 aliphatic heterocycles. The zero-order valence-corrected chi connectivity index (χ0v) is 14.3. The summed E-state index contributed by atoms with van der Waals surface area (Å²) < 4.78 is 23.6. The van der Waals surface area contributed by atoms with Crippen molar-refractivity contribution in [1.29, 1.82) is 0 Å². The molecule has 1 aromatic carbocycles. The van der Waals surface area contributed by atoms with Gasteiger partial charge in [-0.1, -0.05) is 11.6 Å². The predicted molar refractivity (Wildman–Crippen MR) is 87.9 cm³/mol. The molecule has 0 saturated carbocycles. The monoisotopic (exact) mass is 428 g/mol. The second-order valence-corrected chi connectivity index (χ2v) is 8.53. The number of amides is 1. The quantitative estimate of drug-likeness (QED) is 0.715. The maximum Gasteiger partial charge on any atom is 0.239 e. The van der Waals surface area contributed by atoms with Crippen molar-refractivity contribution in [1.82, 2.24) is 5.32 Å². The highest BCUT2D eigenvalue weighted by Crippen LogP contribution is 2.23. The first-order valence-corrected chi connectivity index (χ1v) is 9.32. The fourth-order valence-electron chi connectivity index (χ4n) is 2.00. The van der Waals surface area contributed by atoms with Gasteiger partial charge < -0.3 is 10.6 Å². The Morgan fingerprint density at radius 3 is 2.80 bits per heavy atom. The van der Waals surface area contributed by atoms with Crippen LogP contribution in [0.1, 0.15) is 6.42 Å². The minimum atomic E-state index is -2.98. The highest BCUT2D eigenvalue weighted by atomic mass is 127. The molecule has 0 aliphatic carbocycles. The SMILES string of the molecule is O=C(CNc1ccc(I)cc1Cl)NC1CCS(=O)(=O)C1. The van der Waals surface area contributed by atoms with Gasteiger partial charge in [-0.15, -0.1) is 0 Å². The summed E-state index contributed by atoms with van der Waals surface area (Å²) in [4.78, 5) is 11.7. The zero-order chi connectivity index (χ0) is 14.8. The van der Waals surface area contributed by atoms with Crippen LogP contribution in [0.3, 0.4) is 0 Å². The number of benzene rings is 1. The van der Waals surface area contributed by atoms with E-state index in [2.05, 4.69) is 33.2 Å². The molecule has 1 atom stereocenters. The summed E-state index contributed by atoms with van der Waals surface area (Å²) in [5, 5.41) is 6.20. The molecule has 1 saturated heterocycles. The van der Waals surface area contributed by atoms with E-state index in [1.165, 1.54) is 0 Å². The third kappa shape index (κ3) is 4.49. The minimum Gasteiger partial charge on any atom is -0.375 e. The fourth-order valence-corrected chi connectivity index (χ4v) is 4.59. The van der Waals surface area contributed by atoms with E-state index >= 15 is 0 Å². The Morgan fingerprint density at radius 1 is 1.45 bits per heavy atom. The van der Waals surface area contributed by atoms with E-state index in [1.807, 2.05) is 6.07 Å². The van der Waals surface area contributed by atoms with Gasteiger partial charge in [0, 0.05) is 9.61 Å². The van der Waals surface area contributed by atoms with Crippen LogP contribution in [-0.2, 0) is 14.6 Å². The maximum atomic E-state index is 11.7. The molecular formula is C12H14ClIN2O3S. The van der Waals surface area contributed by atoms with Crippen LogP contribution in [0.15, 0.2) is 18.2 Å². The van der Waals surface area contributed by atoms with E-state index in [4.69, 9.17) is 11.6 Å². The molecule has 1 fully saturated rings. The van der Waals surface area contributed by atoms with Gasteiger partial charge in [0.15, 0.2) is 9.84 Å². The van der Waals surface area contributed by atoms with Gasteiger partial charge in [0.1, 0.15) is 0 Å². The third-order valence-electron chi connectivity index (χ3n) is 2.97. The standard InChI is InChI=1S/C12H14ClIN2O3S/c13-10-5-8(14)1-2-11(10)15-6-12(17)16-9-3-4-20(18,19)7-9/h1-2,5,9,15H,3-4,6-7H2,(H,16,17). The van der Waals surface area contributed by atoms with Crippen LogP contribution >= 0.6 is 34.2 Å². The number of rotatable bonds is 4. The summed E-state index contributed by atoms with van der Waals surface area (Å²) in [6.07, 6.45) is 0.484. The van der Waals surface area contributed by atoms with Gasteiger partial charge in [-0.3, -0.25) is 4.79 Å². The van der Waals surface area contributed by atoms with Crippen molar-refractivity contribution in [2.24, 2.45) is 0 Å². The summed E-state index contributed by atoms with van der Waals surface area (Å²) in [5.41, 5.74) is 0.682. The summed E-state index contributed by atoms with van der Waals surface area (Å²) in [6, 6.07) is 5.21. The number of carbonyl (C=O) groups is 1. The lowest BCUT2D eigenvalue weighted by Gasteiger charge is -2.12. The van der Waals surface area contributed by atoms with Crippen molar-refractivity contribution in [3.05, 3.63) is 26.8 Å². The van der Waals surface area contributed by atoms with Crippen molar-refractivity contribution in [2.75, 3.05) is 23.4 Å². The van der Waals surface area contributed by atoms with Gasteiger partial charge in [-0.25, -0.2) is 8.42 Å². The summed E-state index contributed by atoms with van der Waals surface area (Å²) in [6.45, 7) is 0.0663. The Hall–Kier alpha value is -0.540. The largest absolute Gasteiger partial charge is 0.375 e. The molecule has 8 heteroatoms. The number of anilines is 1. The highest BCUT2D eigenvalue weighted by Gasteiger charge is 2.28. The lowest BCUT2D eigenvalue weighted by atomic mass is 10.2. The second kappa shape index (κ2) is 6.48. The second-order valence-electron chi connectivity index (χ2n) is 4.65. The van der Waals surface area contributed by atoms with Crippen LogP contribution in [0.4, 0.5) is 5.69 Å². The van der Waals surface area contributed by atoms with Crippen molar-refractivity contribution >= 4 is 55.6 Å². The molecule has 2 N–H and O–H groups in total. The average Bonchev–Trinajstić information content (AvgIpc) is 2.67. The predicted octanol–water partition coefficient (Wildman–Crippen LogP) is 1.66. The molecule has 0 radical (unpaired) electrons. The van der Waals surface area contributed by atoms with Crippen molar-refractivity contribution in [3.63, 3.8) is 0 Å². The first kappa shape index (κ1) is 15.8. The normalized spacial score (nSPS) is 20.6. The molecule has 1 amide bonds. The molecule has 2 rings (SSSR count). The van der Waals surface area contributed by atoms with E-state index in [9.17, 15) is 13.2 Å². The fraction of sp³-hybridized carbons (Fsp3) is 0.417. The molecule has 110 valence electrons. The van der Waals surface area contributed by atoms with Crippen LogP contribution in [0.2, 0.25) is 5.02 Å². The Balaban J connectivity index is 1.84. The molecule has 1 unspecified atom stereocenters. The topological polar surface area (TPSA) is 75.3 Å². The van der Waals surface area contributed by atoms with E-state index < -0.39 is 9.84 Å². The van der Waals surface area contributed by atoms with Crippen molar-refractivity contribution in [2.45, 2.75) is 12.5 Å². The summed E-state index contributed by atoms with van der Waals surface area (Å²) >= 11 is 8.19. The first-order chi connectivity index (χ1) is 9.35. The molecule has 20 heavy (non-hydrogen) atoms. The lowest BCUT2D eigenvalue weighted by Crippen LogP contribution is -2.39. The van der Waals surface area contributed by atoms with Crippen molar-refractivity contribution < 1.29 is 13.2 Å². The highest BCUT2D eigenvalue weighted by molar-refractivity contribution is 14.1. The van der Waals surface area contributed by atoms with Crippen LogP contribution in [0.25, 0.3) is 0 Å². The van der Waals surface area contributed by atoms with Gasteiger partial charge in [0.05, 0.1) is 28.8 Å². The average molecular weight is 429 g/mol. The van der Waals surface area contributed by atoms with E-state index in [0.717, 1.165) is 3.57 Å². The Labute approximate surface area is 136 Å². The zero-order valence-electron chi connectivity index (χ0n) is 10.5. The number of sulfone groups is 1. The Morgan fingerprint density at radius 2 is 2.20 bits per heavy atom. The van der Waals surface area contributed by atoms with Gasteiger partial charge in [-0.2, -0.15) is 0 Å². The number of nitrogens with one attached hydrogen (secondary N) is 2. The van der Waals surface area contributed by atoms with Crippen LogP contribution in [0.5, 0.6) is 0 Å².